The van der Waals surface area contributed by atoms with Gasteiger partial charge in [0.25, 0.3) is 0 Å². The Labute approximate surface area is 108 Å². The van der Waals surface area contributed by atoms with Crippen LogP contribution in [0.1, 0.15) is 16.5 Å². The lowest BCUT2D eigenvalue weighted by Crippen LogP contribution is -2.10. The van der Waals surface area contributed by atoms with E-state index in [-0.39, 0.29) is 24.3 Å². The lowest BCUT2D eigenvalue weighted by molar-refractivity contribution is 0.626. The standard InChI is InChI=1S/C11H9ClFNS.ClH/c12-9-6-7(13)3-4-8(9)11(14)10-2-1-5-15-10;/h1-6,11H,14H2;1H/t11-;/m1./s1. The predicted molar refractivity (Wildman–Crippen MR) is 69.0 cm³/mol. The summed E-state index contributed by atoms with van der Waals surface area (Å²) < 4.78 is 12.8. The number of hydrogen-bond donors (Lipinski definition) is 1. The lowest BCUT2D eigenvalue weighted by atomic mass is 10.1. The quantitative estimate of drug-likeness (QED) is 0.882. The van der Waals surface area contributed by atoms with Gasteiger partial charge in [0.1, 0.15) is 5.82 Å². The van der Waals surface area contributed by atoms with E-state index in [4.69, 9.17) is 17.3 Å². The summed E-state index contributed by atoms with van der Waals surface area (Å²) in [6.45, 7) is 0. The van der Waals surface area contributed by atoms with Crippen LogP contribution >= 0.6 is 35.3 Å². The molecule has 1 heterocycles. The van der Waals surface area contributed by atoms with Gasteiger partial charge in [-0.15, -0.1) is 23.7 Å². The molecule has 0 saturated carbocycles. The highest BCUT2D eigenvalue weighted by Gasteiger charge is 2.13. The molecule has 1 aromatic heterocycles. The van der Waals surface area contributed by atoms with Gasteiger partial charge in [0.15, 0.2) is 0 Å². The molecule has 16 heavy (non-hydrogen) atoms. The van der Waals surface area contributed by atoms with E-state index in [1.807, 2.05) is 17.5 Å². The van der Waals surface area contributed by atoms with Crippen LogP contribution in [0.25, 0.3) is 0 Å². The highest BCUT2D eigenvalue weighted by atomic mass is 35.5. The van der Waals surface area contributed by atoms with Gasteiger partial charge < -0.3 is 5.73 Å². The molecule has 1 nitrogen and oxygen atoms in total. The number of nitrogens with two attached hydrogens (primary N) is 1. The minimum absolute atomic E-state index is 0. The minimum Gasteiger partial charge on any atom is -0.320 e. The summed E-state index contributed by atoms with van der Waals surface area (Å²) in [5.74, 6) is -0.345. The smallest absolute Gasteiger partial charge is 0.124 e. The first-order valence-electron chi connectivity index (χ1n) is 4.42. The van der Waals surface area contributed by atoms with Crippen LogP contribution < -0.4 is 5.73 Å². The van der Waals surface area contributed by atoms with E-state index in [1.165, 1.54) is 12.1 Å². The SMILES string of the molecule is Cl.N[C@@H](c1cccs1)c1ccc(F)cc1Cl. The van der Waals surface area contributed by atoms with E-state index in [9.17, 15) is 4.39 Å². The van der Waals surface area contributed by atoms with Crippen LogP contribution in [-0.4, -0.2) is 0 Å². The summed E-state index contributed by atoms with van der Waals surface area (Å²) >= 11 is 7.49. The van der Waals surface area contributed by atoms with Gasteiger partial charge in [0.2, 0.25) is 0 Å². The topological polar surface area (TPSA) is 26.0 Å². The molecule has 0 spiro atoms. The maximum absolute atomic E-state index is 12.8. The van der Waals surface area contributed by atoms with Crippen LogP contribution in [0.3, 0.4) is 0 Å². The third kappa shape index (κ3) is 2.74. The molecule has 0 saturated heterocycles. The molecule has 0 aliphatic rings. The Morgan fingerprint density at radius 2 is 2.06 bits per heavy atom. The molecule has 86 valence electrons. The Morgan fingerprint density at radius 1 is 1.31 bits per heavy atom. The second kappa shape index (κ2) is 5.64. The van der Waals surface area contributed by atoms with Gasteiger partial charge >= 0.3 is 0 Å². The van der Waals surface area contributed by atoms with Gasteiger partial charge in [-0.05, 0) is 29.1 Å². The number of halogens is 3. The van der Waals surface area contributed by atoms with E-state index >= 15 is 0 Å². The normalized spacial score (nSPS) is 11.9. The average molecular weight is 278 g/mol. The first kappa shape index (κ1) is 13.5. The largest absolute Gasteiger partial charge is 0.320 e. The monoisotopic (exact) mass is 277 g/mol. The number of thiophene rings is 1. The summed E-state index contributed by atoms with van der Waals surface area (Å²) in [6, 6.07) is 7.87. The molecule has 2 N–H and O–H groups in total. The Bertz CT molecular complexity index is 459. The highest BCUT2D eigenvalue weighted by molar-refractivity contribution is 7.10. The van der Waals surface area contributed by atoms with Crippen molar-refractivity contribution in [2.45, 2.75) is 6.04 Å². The van der Waals surface area contributed by atoms with E-state index in [2.05, 4.69) is 0 Å². The molecule has 5 heteroatoms. The molecule has 0 bridgehead atoms. The molecule has 0 aliphatic heterocycles. The minimum atomic E-state index is -0.345. The van der Waals surface area contributed by atoms with Gasteiger partial charge in [-0.3, -0.25) is 0 Å². The fraction of sp³-hybridized carbons (Fsp3) is 0.0909. The van der Waals surface area contributed by atoms with E-state index in [0.29, 0.717) is 5.02 Å². The molecule has 0 radical (unpaired) electrons. The zero-order chi connectivity index (χ0) is 10.8. The van der Waals surface area contributed by atoms with Crippen LogP contribution in [0.4, 0.5) is 4.39 Å². The van der Waals surface area contributed by atoms with Crippen molar-refractivity contribution in [3.05, 3.63) is 57.0 Å². The molecule has 0 unspecified atom stereocenters. The molecule has 1 atom stereocenters. The summed E-state index contributed by atoms with van der Waals surface area (Å²) in [6.07, 6.45) is 0. The lowest BCUT2D eigenvalue weighted by Gasteiger charge is -2.11. The molecule has 2 rings (SSSR count). The van der Waals surface area contributed by atoms with Crippen molar-refractivity contribution in [1.29, 1.82) is 0 Å². The van der Waals surface area contributed by atoms with Crippen molar-refractivity contribution in [1.82, 2.24) is 0 Å². The summed E-state index contributed by atoms with van der Waals surface area (Å²) in [7, 11) is 0. The first-order valence-corrected chi connectivity index (χ1v) is 5.68. The number of rotatable bonds is 2. The second-order valence-electron chi connectivity index (χ2n) is 3.16. The van der Waals surface area contributed by atoms with Gasteiger partial charge in [0, 0.05) is 9.90 Å². The third-order valence-corrected chi connectivity index (χ3v) is 3.43. The van der Waals surface area contributed by atoms with Crippen LogP contribution in [0.2, 0.25) is 5.02 Å². The zero-order valence-electron chi connectivity index (χ0n) is 8.19. The van der Waals surface area contributed by atoms with Crippen molar-refractivity contribution < 1.29 is 4.39 Å². The third-order valence-electron chi connectivity index (χ3n) is 2.15. The Kier molecular flexibility index (Phi) is 4.74. The predicted octanol–water partition coefficient (Wildman–Crippen LogP) is 4.01. The van der Waals surface area contributed by atoms with Crippen LogP contribution in [0, 0.1) is 5.82 Å². The van der Waals surface area contributed by atoms with E-state index in [0.717, 1.165) is 10.4 Å². The average Bonchev–Trinajstić information content (AvgIpc) is 2.69. The molecular weight excluding hydrogens is 268 g/mol. The summed E-state index contributed by atoms with van der Waals surface area (Å²) in [4.78, 5) is 1.02. The number of hydrogen-bond acceptors (Lipinski definition) is 2. The van der Waals surface area contributed by atoms with Crippen molar-refractivity contribution in [2.24, 2.45) is 5.73 Å². The zero-order valence-corrected chi connectivity index (χ0v) is 10.6. The molecule has 0 aliphatic carbocycles. The number of benzene rings is 1. The summed E-state index contributed by atoms with van der Waals surface area (Å²) in [5.41, 5.74) is 6.77. The Morgan fingerprint density at radius 3 is 2.62 bits per heavy atom. The molecule has 2 aromatic rings. The maximum atomic E-state index is 12.8. The first-order chi connectivity index (χ1) is 7.18. The van der Waals surface area contributed by atoms with Crippen molar-refractivity contribution in [3.63, 3.8) is 0 Å². The van der Waals surface area contributed by atoms with Gasteiger partial charge in [-0.2, -0.15) is 0 Å². The summed E-state index contributed by atoms with van der Waals surface area (Å²) in [5, 5.41) is 2.32. The highest BCUT2D eigenvalue weighted by Crippen LogP contribution is 2.29. The van der Waals surface area contributed by atoms with E-state index < -0.39 is 0 Å². The Hall–Kier alpha value is -0.610. The van der Waals surface area contributed by atoms with E-state index in [1.54, 1.807) is 17.4 Å². The van der Waals surface area contributed by atoms with Crippen LogP contribution in [0.5, 0.6) is 0 Å². The maximum Gasteiger partial charge on any atom is 0.124 e. The molecule has 1 aromatic carbocycles. The second-order valence-corrected chi connectivity index (χ2v) is 4.55. The molecule has 0 fully saturated rings. The van der Waals surface area contributed by atoms with Crippen molar-refractivity contribution >= 4 is 35.3 Å². The Balaban J connectivity index is 0.00000128. The fourth-order valence-corrected chi connectivity index (χ4v) is 2.40. The molecular formula is C11H10Cl2FNS. The fourth-order valence-electron chi connectivity index (χ4n) is 1.38. The van der Waals surface area contributed by atoms with Crippen molar-refractivity contribution in [2.75, 3.05) is 0 Å². The van der Waals surface area contributed by atoms with Gasteiger partial charge in [-0.25, -0.2) is 4.39 Å². The van der Waals surface area contributed by atoms with Crippen molar-refractivity contribution in [3.8, 4) is 0 Å². The van der Waals surface area contributed by atoms with Gasteiger partial charge in [0.05, 0.1) is 6.04 Å². The van der Waals surface area contributed by atoms with Gasteiger partial charge in [-0.1, -0.05) is 23.7 Å². The van der Waals surface area contributed by atoms with Crippen LogP contribution in [0.15, 0.2) is 35.7 Å². The van der Waals surface area contributed by atoms with Crippen LogP contribution in [-0.2, 0) is 0 Å². The molecule has 0 amide bonds.